The van der Waals surface area contributed by atoms with Crippen LogP contribution in [0.2, 0.25) is 0 Å². The van der Waals surface area contributed by atoms with Crippen molar-refractivity contribution in [2.24, 2.45) is 0 Å². The molecule has 0 unspecified atom stereocenters. The van der Waals surface area contributed by atoms with Crippen LogP contribution >= 0.6 is 0 Å². The predicted octanol–water partition coefficient (Wildman–Crippen LogP) is 2.16. The van der Waals surface area contributed by atoms with Crippen LogP contribution in [0.15, 0.2) is 24.3 Å². The third kappa shape index (κ3) is 5.40. The Kier molecular flexibility index (Phi) is 5.27. The Bertz CT molecular complexity index is 474. The van der Waals surface area contributed by atoms with Gasteiger partial charge in [-0.05, 0) is 38.5 Å². The van der Waals surface area contributed by atoms with E-state index in [0.717, 1.165) is 5.56 Å². The quantitative estimate of drug-likeness (QED) is 0.897. The van der Waals surface area contributed by atoms with Crippen molar-refractivity contribution in [3.8, 4) is 0 Å². The summed E-state index contributed by atoms with van der Waals surface area (Å²) >= 11 is 0. The SMILES string of the molecule is CN(Cc1ccc(C(=O)O)cc1)C(=O)COC(C)(C)C. The standard InChI is InChI=1S/C15H21NO4/c1-15(2,3)20-10-13(17)16(4)9-11-5-7-12(8-6-11)14(18)19/h5-8H,9-10H2,1-4H3,(H,18,19). The zero-order valence-electron chi connectivity index (χ0n) is 12.3. The van der Waals surface area contributed by atoms with Gasteiger partial charge in [-0.3, -0.25) is 4.79 Å². The number of nitrogens with zero attached hydrogens (tertiary/aromatic N) is 1. The maximum Gasteiger partial charge on any atom is 0.335 e. The van der Waals surface area contributed by atoms with Gasteiger partial charge in [0.15, 0.2) is 0 Å². The van der Waals surface area contributed by atoms with Crippen molar-refractivity contribution in [3.05, 3.63) is 35.4 Å². The molecule has 0 radical (unpaired) electrons. The Labute approximate surface area is 119 Å². The molecule has 0 saturated heterocycles. The average molecular weight is 279 g/mol. The number of hydrogen-bond acceptors (Lipinski definition) is 3. The smallest absolute Gasteiger partial charge is 0.335 e. The van der Waals surface area contributed by atoms with Crippen LogP contribution < -0.4 is 0 Å². The number of rotatable bonds is 5. The maximum atomic E-state index is 11.9. The van der Waals surface area contributed by atoms with Crippen molar-refractivity contribution >= 4 is 11.9 Å². The van der Waals surface area contributed by atoms with E-state index in [-0.39, 0.29) is 23.7 Å². The number of ether oxygens (including phenoxy) is 1. The molecule has 0 heterocycles. The fraction of sp³-hybridized carbons (Fsp3) is 0.467. The molecule has 0 aliphatic heterocycles. The van der Waals surface area contributed by atoms with E-state index < -0.39 is 5.97 Å². The Morgan fingerprint density at radius 2 is 1.75 bits per heavy atom. The average Bonchev–Trinajstić information content (AvgIpc) is 2.35. The summed E-state index contributed by atoms with van der Waals surface area (Å²) in [5.41, 5.74) is 0.764. The van der Waals surface area contributed by atoms with Crippen LogP contribution in [0.1, 0.15) is 36.7 Å². The lowest BCUT2D eigenvalue weighted by Crippen LogP contribution is -2.33. The molecular weight excluding hydrogens is 258 g/mol. The molecule has 1 aromatic carbocycles. The van der Waals surface area contributed by atoms with Crippen molar-refractivity contribution in [1.29, 1.82) is 0 Å². The van der Waals surface area contributed by atoms with Gasteiger partial charge in [-0.25, -0.2) is 4.79 Å². The molecule has 1 N–H and O–H groups in total. The third-order valence-electron chi connectivity index (χ3n) is 2.68. The molecule has 1 rings (SSSR count). The summed E-state index contributed by atoms with van der Waals surface area (Å²) in [6.45, 7) is 6.14. The molecule has 20 heavy (non-hydrogen) atoms. The lowest BCUT2D eigenvalue weighted by molar-refractivity contribution is -0.140. The highest BCUT2D eigenvalue weighted by Crippen LogP contribution is 2.09. The van der Waals surface area contributed by atoms with Gasteiger partial charge in [0, 0.05) is 13.6 Å². The van der Waals surface area contributed by atoms with Gasteiger partial charge < -0.3 is 14.7 Å². The first-order valence-corrected chi connectivity index (χ1v) is 6.39. The molecule has 0 spiro atoms. The van der Waals surface area contributed by atoms with Crippen molar-refractivity contribution in [2.45, 2.75) is 32.9 Å². The Morgan fingerprint density at radius 3 is 2.20 bits per heavy atom. The monoisotopic (exact) mass is 279 g/mol. The molecule has 1 aromatic rings. The molecule has 0 aliphatic rings. The Hall–Kier alpha value is -1.88. The minimum absolute atomic E-state index is 0.0349. The number of aromatic carboxylic acids is 1. The second-order valence-electron chi connectivity index (χ2n) is 5.65. The van der Waals surface area contributed by atoms with Gasteiger partial charge in [-0.2, -0.15) is 0 Å². The van der Waals surface area contributed by atoms with Gasteiger partial charge in [-0.15, -0.1) is 0 Å². The van der Waals surface area contributed by atoms with Crippen LogP contribution in [0, 0.1) is 0 Å². The molecule has 0 aromatic heterocycles. The largest absolute Gasteiger partial charge is 0.478 e. The summed E-state index contributed by atoms with van der Waals surface area (Å²) in [5.74, 6) is -1.07. The minimum Gasteiger partial charge on any atom is -0.478 e. The summed E-state index contributed by atoms with van der Waals surface area (Å²) in [4.78, 5) is 24.2. The van der Waals surface area contributed by atoms with Crippen LogP contribution in [-0.4, -0.2) is 41.1 Å². The first kappa shape index (κ1) is 16.2. The molecule has 0 aliphatic carbocycles. The van der Waals surface area contributed by atoms with Crippen molar-refractivity contribution < 1.29 is 19.4 Å². The lowest BCUT2D eigenvalue weighted by atomic mass is 10.1. The summed E-state index contributed by atoms with van der Waals surface area (Å²) < 4.78 is 5.43. The number of carboxylic acids is 1. The highest BCUT2D eigenvalue weighted by Gasteiger charge is 2.15. The zero-order chi connectivity index (χ0) is 15.3. The van der Waals surface area contributed by atoms with E-state index >= 15 is 0 Å². The molecule has 5 nitrogen and oxygen atoms in total. The Balaban J connectivity index is 2.55. The summed E-state index contributed by atoms with van der Waals surface area (Å²) in [5, 5.41) is 8.81. The highest BCUT2D eigenvalue weighted by atomic mass is 16.5. The first-order chi connectivity index (χ1) is 9.19. The van der Waals surface area contributed by atoms with Crippen LogP contribution in [0.5, 0.6) is 0 Å². The fourth-order valence-corrected chi connectivity index (χ4v) is 1.50. The predicted molar refractivity (Wildman–Crippen MR) is 75.6 cm³/mol. The van der Waals surface area contributed by atoms with Crippen LogP contribution in [0.3, 0.4) is 0 Å². The van der Waals surface area contributed by atoms with E-state index in [1.54, 1.807) is 24.1 Å². The van der Waals surface area contributed by atoms with Gasteiger partial charge in [0.2, 0.25) is 5.91 Å². The van der Waals surface area contributed by atoms with Crippen LogP contribution in [0.25, 0.3) is 0 Å². The molecule has 0 saturated carbocycles. The second-order valence-corrected chi connectivity index (χ2v) is 5.65. The summed E-state index contributed by atoms with van der Waals surface area (Å²) in [6.07, 6.45) is 0. The molecule has 0 bridgehead atoms. The van der Waals surface area contributed by atoms with E-state index in [0.29, 0.717) is 6.54 Å². The number of carboxylic acid groups (broad SMARTS) is 1. The van der Waals surface area contributed by atoms with Gasteiger partial charge in [-0.1, -0.05) is 12.1 Å². The number of amides is 1. The minimum atomic E-state index is -0.959. The number of carbonyl (C=O) groups is 2. The number of hydrogen-bond donors (Lipinski definition) is 1. The van der Waals surface area contributed by atoms with E-state index in [2.05, 4.69) is 0 Å². The topological polar surface area (TPSA) is 66.8 Å². The van der Waals surface area contributed by atoms with Gasteiger partial charge in [0.05, 0.1) is 11.2 Å². The van der Waals surface area contributed by atoms with E-state index in [4.69, 9.17) is 9.84 Å². The number of benzene rings is 1. The third-order valence-corrected chi connectivity index (χ3v) is 2.68. The van der Waals surface area contributed by atoms with Crippen molar-refractivity contribution in [1.82, 2.24) is 4.90 Å². The van der Waals surface area contributed by atoms with Crippen molar-refractivity contribution in [3.63, 3.8) is 0 Å². The van der Waals surface area contributed by atoms with E-state index in [9.17, 15) is 9.59 Å². The normalized spacial score (nSPS) is 11.2. The summed E-state index contributed by atoms with van der Waals surface area (Å²) in [7, 11) is 1.69. The van der Waals surface area contributed by atoms with Crippen molar-refractivity contribution in [2.75, 3.05) is 13.7 Å². The Morgan fingerprint density at radius 1 is 1.20 bits per heavy atom. The maximum absolute atomic E-state index is 11.9. The molecular formula is C15H21NO4. The van der Waals surface area contributed by atoms with E-state index in [1.165, 1.54) is 12.1 Å². The lowest BCUT2D eigenvalue weighted by Gasteiger charge is -2.22. The highest BCUT2D eigenvalue weighted by molar-refractivity contribution is 5.87. The molecule has 0 fully saturated rings. The van der Waals surface area contributed by atoms with Crippen LogP contribution in [-0.2, 0) is 16.1 Å². The molecule has 110 valence electrons. The fourth-order valence-electron chi connectivity index (χ4n) is 1.50. The first-order valence-electron chi connectivity index (χ1n) is 6.39. The molecule has 1 amide bonds. The van der Waals surface area contributed by atoms with Gasteiger partial charge >= 0.3 is 5.97 Å². The zero-order valence-corrected chi connectivity index (χ0v) is 12.3. The number of carbonyl (C=O) groups excluding carboxylic acids is 1. The van der Waals surface area contributed by atoms with Gasteiger partial charge in [0.25, 0.3) is 0 Å². The van der Waals surface area contributed by atoms with E-state index in [1.807, 2.05) is 20.8 Å². The molecule has 0 atom stereocenters. The number of likely N-dealkylation sites (N-methyl/N-ethyl adjacent to an activating group) is 1. The molecule has 5 heteroatoms. The van der Waals surface area contributed by atoms with Crippen LogP contribution in [0.4, 0.5) is 0 Å². The summed E-state index contributed by atoms with van der Waals surface area (Å²) in [6, 6.07) is 6.47. The second kappa shape index (κ2) is 6.52. The van der Waals surface area contributed by atoms with Gasteiger partial charge in [0.1, 0.15) is 6.61 Å².